The first-order valence-corrected chi connectivity index (χ1v) is 11.9. The van der Waals surface area contributed by atoms with Crippen LogP contribution in [0, 0.1) is 11.8 Å². The number of hydrogen-bond acceptors (Lipinski definition) is 1. The molecular weight excluding hydrogens is 388 g/mol. The van der Waals surface area contributed by atoms with Crippen molar-refractivity contribution in [2.24, 2.45) is 11.8 Å². The van der Waals surface area contributed by atoms with Gasteiger partial charge in [0.25, 0.3) is 0 Å². The lowest BCUT2D eigenvalue weighted by Crippen LogP contribution is -2.42. The van der Waals surface area contributed by atoms with Crippen molar-refractivity contribution in [3.05, 3.63) is 143 Å². The Morgan fingerprint density at radius 2 is 0.906 bits per heavy atom. The van der Waals surface area contributed by atoms with Crippen molar-refractivity contribution in [3.8, 4) is 0 Å². The van der Waals surface area contributed by atoms with Gasteiger partial charge in [-0.15, -0.1) is 0 Å². The molecule has 1 saturated carbocycles. The highest BCUT2D eigenvalue weighted by molar-refractivity contribution is 5.62. The first-order valence-electron chi connectivity index (χ1n) is 11.9. The van der Waals surface area contributed by atoms with Crippen LogP contribution in [0.2, 0.25) is 0 Å². The van der Waals surface area contributed by atoms with Crippen LogP contribution in [0.5, 0.6) is 0 Å². The average molecular weight is 413 g/mol. The van der Waals surface area contributed by atoms with Gasteiger partial charge in [-0.25, -0.2) is 0 Å². The molecule has 6 atom stereocenters. The molecule has 32 heavy (non-hydrogen) atoms. The number of ether oxygens (including phenoxy) is 1. The lowest BCUT2D eigenvalue weighted by atomic mass is 9.55. The third-order valence-corrected chi connectivity index (χ3v) is 8.95. The van der Waals surface area contributed by atoms with E-state index < -0.39 is 11.2 Å². The second-order valence-corrected chi connectivity index (χ2v) is 9.98. The summed E-state index contributed by atoms with van der Waals surface area (Å²) in [6.07, 6.45) is 1.25. The maximum Gasteiger partial charge on any atom is 0.124 e. The van der Waals surface area contributed by atoms with Crippen molar-refractivity contribution in [2.75, 3.05) is 0 Å². The minimum absolute atomic E-state index is 0.398. The molecule has 0 spiro atoms. The Hall–Kier alpha value is -3.16. The van der Waals surface area contributed by atoms with Gasteiger partial charge >= 0.3 is 0 Å². The van der Waals surface area contributed by atoms with E-state index in [4.69, 9.17) is 4.74 Å². The molecule has 4 aromatic carbocycles. The topological polar surface area (TPSA) is 9.23 Å². The maximum absolute atomic E-state index is 7.57. The molecule has 4 bridgehead atoms. The maximum atomic E-state index is 7.57. The summed E-state index contributed by atoms with van der Waals surface area (Å²) in [5, 5.41) is 0. The van der Waals surface area contributed by atoms with Crippen LogP contribution in [0.4, 0.5) is 0 Å². The molecule has 4 aromatic rings. The van der Waals surface area contributed by atoms with E-state index in [-0.39, 0.29) is 0 Å². The fraction of sp³-hybridized carbons (Fsp3) is 0.226. The van der Waals surface area contributed by atoms with E-state index in [0.29, 0.717) is 23.7 Å². The van der Waals surface area contributed by atoms with Crippen molar-refractivity contribution < 1.29 is 4.74 Å². The number of hydrogen-bond donors (Lipinski definition) is 0. The Balaban J connectivity index is 1.50. The van der Waals surface area contributed by atoms with Crippen molar-refractivity contribution in [2.45, 2.75) is 29.5 Å². The van der Waals surface area contributed by atoms with Gasteiger partial charge in [0.05, 0.1) is 0 Å². The van der Waals surface area contributed by atoms with Crippen LogP contribution in [0.25, 0.3) is 0 Å². The highest BCUT2D eigenvalue weighted by Crippen LogP contribution is 2.79. The summed E-state index contributed by atoms with van der Waals surface area (Å²) in [5.41, 5.74) is 7.70. The molecule has 2 aliphatic carbocycles. The smallest absolute Gasteiger partial charge is 0.124 e. The lowest BCUT2D eigenvalue weighted by Gasteiger charge is -2.43. The summed E-state index contributed by atoms with van der Waals surface area (Å²) in [6.45, 7) is 0. The van der Waals surface area contributed by atoms with Gasteiger partial charge in [-0.05, 0) is 51.6 Å². The van der Waals surface area contributed by atoms with Gasteiger partial charge in [-0.1, -0.05) is 109 Å². The van der Waals surface area contributed by atoms with Crippen LogP contribution >= 0.6 is 0 Å². The average Bonchev–Trinajstić information content (AvgIpc) is 3.60. The Bertz CT molecular complexity index is 1260. The van der Waals surface area contributed by atoms with E-state index in [0.717, 1.165) is 0 Å². The first-order chi connectivity index (χ1) is 15.9. The molecule has 2 aliphatic heterocycles. The molecule has 154 valence electrons. The summed E-state index contributed by atoms with van der Waals surface area (Å²) >= 11 is 0. The quantitative estimate of drug-likeness (QED) is 0.354. The molecule has 2 fully saturated rings. The van der Waals surface area contributed by atoms with Crippen molar-refractivity contribution in [1.82, 2.24) is 0 Å². The number of fused-ring (bicyclic) bond motifs is 15. The van der Waals surface area contributed by atoms with E-state index >= 15 is 0 Å². The third kappa shape index (κ3) is 1.76. The Kier molecular flexibility index (Phi) is 3.15. The fourth-order valence-electron chi connectivity index (χ4n) is 8.14. The van der Waals surface area contributed by atoms with Crippen LogP contribution in [0.3, 0.4) is 0 Å². The van der Waals surface area contributed by atoms with E-state index in [1.807, 2.05) is 0 Å². The Labute approximate surface area is 188 Å². The molecule has 0 N–H and O–H groups in total. The van der Waals surface area contributed by atoms with Crippen molar-refractivity contribution in [1.29, 1.82) is 0 Å². The predicted octanol–water partition coefficient (Wildman–Crippen LogP) is 6.73. The van der Waals surface area contributed by atoms with Crippen LogP contribution in [-0.2, 0) is 15.9 Å². The molecule has 0 aromatic heterocycles. The molecule has 1 nitrogen and oxygen atoms in total. The summed E-state index contributed by atoms with van der Waals surface area (Å²) in [7, 11) is 0. The normalized spacial score (nSPS) is 34.9. The van der Waals surface area contributed by atoms with Gasteiger partial charge in [0, 0.05) is 11.8 Å². The minimum atomic E-state index is -0.398. The molecule has 0 amide bonds. The van der Waals surface area contributed by atoms with Crippen LogP contribution in [0.1, 0.15) is 51.6 Å². The molecule has 8 rings (SSSR count). The lowest BCUT2D eigenvalue weighted by molar-refractivity contribution is -0.0641. The molecule has 0 radical (unpaired) electrons. The largest absolute Gasteiger partial charge is 0.349 e. The predicted molar refractivity (Wildman–Crippen MR) is 125 cm³/mol. The second kappa shape index (κ2) is 5.79. The fourth-order valence-corrected chi connectivity index (χ4v) is 8.14. The molecule has 2 heterocycles. The van der Waals surface area contributed by atoms with Gasteiger partial charge in [0.15, 0.2) is 0 Å². The molecule has 4 aliphatic rings. The van der Waals surface area contributed by atoms with E-state index in [9.17, 15) is 0 Å². The van der Waals surface area contributed by atoms with Gasteiger partial charge < -0.3 is 4.74 Å². The minimum Gasteiger partial charge on any atom is -0.349 e. The molecule has 1 heteroatoms. The monoisotopic (exact) mass is 412 g/mol. The highest BCUT2D eigenvalue weighted by atomic mass is 16.5. The summed E-state index contributed by atoms with van der Waals surface area (Å²) in [4.78, 5) is 0. The number of rotatable bonds is 2. The van der Waals surface area contributed by atoms with Crippen LogP contribution in [-0.4, -0.2) is 0 Å². The van der Waals surface area contributed by atoms with Crippen LogP contribution < -0.4 is 0 Å². The Morgan fingerprint density at radius 1 is 0.500 bits per heavy atom. The summed E-state index contributed by atoms with van der Waals surface area (Å²) < 4.78 is 7.57. The molecule has 1 saturated heterocycles. The van der Waals surface area contributed by atoms with Crippen LogP contribution in [0.15, 0.2) is 109 Å². The van der Waals surface area contributed by atoms with Crippen molar-refractivity contribution in [3.63, 3.8) is 0 Å². The standard InChI is InChI=1S/C31H24O/c1-3-11-20(12-4-1)30-26-17-9-10-18-27(26)31(32-30,21-13-5-2-6-14-21)29-25-19-24(28(29)30)22-15-7-8-16-23(22)25/h1-18,24-25,28-29H,19H2/t24-,25-,28+,29+,30+,31+/m1/s1. The summed E-state index contributed by atoms with van der Waals surface area (Å²) in [6, 6.07) is 40.4. The third-order valence-electron chi connectivity index (χ3n) is 8.95. The van der Waals surface area contributed by atoms with Gasteiger partial charge in [-0.2, -0.15) is 0 Å². The van der Waals surface area contributed by atoms with E-state index in [1.54, 1.807) is 11.1 Å². The van der Waals surface area contributed by atoms with E-state index in [1.165, 1.54) is 28.7 Å². The van der Waals surface area contributed by atoms with Gasteiger partial charge in [0.2, 0.25) is 0 Å². The second-order valence-electron chi connectivity index (χ2n) is 9.98. The zero-order valence-corrected chi connectivity index (χ0v) is 17.8. The van der Waals surface area contributed by atoms with Gasteiger partial charge in [-0.3, -0.25) is 0 Å². The molecule has 0 unspecified atom stereocenters. The number of benzene rings is 4. The first kappa shape index (κ1) is 17.4. The zero-order chi connectivity index (χ0) is 20.9. The molecular formula is C31H24O. The highest BCUT2D eigenvalue weighted by Gasteiger charge is 2.77. The summed E-state index contributed by atoms with van der Waals surface area (Å²) in [5.74, 6) is 1.97. The van der Waals surface area contributed by atoms with Crippen molar-refractivity contribution >= 4 is 0 Å². The Morgan fingerprint density at radius 3 is 1.38 bits per heavy atom. The van der Waals surface area contributed by atoms with E-state index in [2.05, 4.69) is 109 Å². The SMILES string of the molecule is c1ccc([C@]23O[C@@](c4ccccc4)(c4ccccc42)[C@@H]2[C@@H]3[C@@H]3C[C@@H]2c2ccccc23)cc1. The zero-order valence-electron chi connectivity index (χ0n) is 17.8. The van der Waals surface area contributed by atoms with Gasteiger partial charge in [0.1, 0.15) is 11.2 Å².